The maximum absolute atomic E-state index is 11.7. The van der Waals surface area contributed by atoms with Gasteiger partial charge in [-0.3, -0.25) is 4.68 Å². The molecule has 0 amide bonds. The van der Waals surface area contributed by atoms with Crippen LogP contribution in [0.2, 0.25) is 0 Å². The number of aromatic nitrogens is 2. The minimum Gasteiger partial charge on any atom is -0.422 e. The topological polar surface area (TPSA) is 44.1 Å². The van der Waals surface area contributed by atoms with Gasteiger partial charge in [0.15, 0.2) is 0 Å². The summed E-state index contributed by atoms with van der Waals surface area (Å²) in [6.45, 7) is 0. The highest BCUT2D eigenvalue weighted by molar-refractivity contribution is 6.25. The van der Waals surface area contributed by atoms with Crippen LogP contribution in [0.1, 0.15) is 11.1 Å². The average Bonchev–Trinajstić information content (AvgIpc) is 2.85. The van der Waals surface area contributed by atoms with Gasteiger partial charge in [-0.25, -0.2) is 4.79 Å². The first-order chi connectivity index (χ1) is 8.24. The molecule has 0 unspecified atom stereocenters. The summed E-state index contributed by atoms with van der Waals surface area (Å²) < 4.78 is 6.86. The maximum atomic E-state index is 11.7. The van der Waals surface area contributed by atoms with Crippen molar-refractivity contribution in [2.24, 2.45) is 7.05 Å². The number of fused-ring (bicyclic) bond motifs is 1. The van der Waals surface area contributed by atoms with Crippen molar-refractivity contribution in [3.63, 3.8) is 0 Å². The number of carbonyl (C=O) groups excluding carboxylic acids is 1. The molecule has 1 aromatic carbocycles. The fourth-order valence-electron chi connectivity index (χ4n) is 1.86. The molecule has 3 rings (SSSR count). The van der Waals surface area contributed by atoms with Crippen molar-refractivity contribution in [3.8, 4) is 5.75 Å². The lowest BCUT2D eigenvalue weighted by Crippen LogP contribution is -2.00. The van der Waals surface area contributed by atoms with E-state index in [1.165, 1.54) is 0 Å². The number of benzene rings is 1. The first-order valence-electron chi connectivity index (χ1n) is 5.26. The first-order valence-corrected chi connectivity index (χ1v) is 5.26. The number of nitrogens with zero attached hydrogens (tertiary/aromatic N) is 2. The molecule has 0 fully saturated rings. The number of hydrogen-bond acceptors (Lipinski definition) is 3. The summed E-state index contributed by atoms with van der Waals surface area (Å²) in [6, 6.07) is 7.40. The van der Waals surface area contributed by atoms with Crippen LogP contribution < -0.4 is 4.74 Å². The van der Waals surface area contributed by atoms with Gasteiger partial charge in [-0.2, -0.15) is 5.10 Å². The largest absolute Gasteiger partial charge is 0.422 e. The molecule has 17 heavy (non-hydrogen) atoms. The molecule has 0 saturated heterocycles. The zero-order chi connectivity index (χ0) is 11.8. The predicted molar refractivity (Wildman–Crippen MR) is 63.2 cm³/mol. The van der Waals surface area contributed by atoms with E-state index in [-0.39, 0.29) is 5.97 Å². The average molecular weight is 226 g/mol. The molecular weight excluding hydrogens is 216 g/mol. The van der Waals surface area contributed by atoms with Gasteiger partial charge in [0.25, 0.3) is 0 Å². The van der Waals surface area contributed by atoms with Crippen LogP contribution in [0.5, 0.6) is 5.75 Å². The van der Waals surface area contributed by atoms with E-state index in [0.29, 0.717) is 11.3 Å². The highest BCUT2D eigenvalue weighted by Gasteiger charge is 2.26. The molecule has 1 aromatic heterocycles. The summed E-state index contributed by atoms with van der Waals surface area (Å²) >= 11 is 0. The van der Waals surface area contributed by atoms with Crippen LogP contribution in [0.3, 0.4) is 0 Å². The fraction of sp³-hybridized carbons (Fsp3) is 0.0769. The van der Waals surface area contributed by atoms with E-state index < -0.39 is 0 Å². The highest BCUT2D eigenvalue weighted by Crippen LogP contribution is 2.34. The Labute approximate surface area is 98.1 Å². The standard InChI is InChI=1S/C13H10N2O2/c1-15-8-9(7-14-15)6-11-10-4-2-3-5-12(10)17-13(11)16/h2-8H,1H3. The Hall–Kier alpha value is -2.36. The van der Waals surface area contributed by atoms with Gasteiger partial charge >= 0.3 is 5.97 Å². The number of ether oxygens (including phenoxy) is 1. The lowest BCUT2D eigenvalue weighted by molar-refractivity contribution is -0.126. The Balaban J connectivity index is 2.09. The molecule has 2 aromatic rings. The first kappa shape index (κ1) is 9.84. The van der Waals surface area contributed by atoms with Gasteiger partial charge in [0.2, 0.25) is 0 Å². The number of carbonyl (C=O) groups is 1. The molecule has 84 valence electrons. The number of esters is 1. The van der Waals surface area contributed by atoms with Crippen molar-refractivity contribution in [3.05, 3.63) is 47.8 Å². The van der Waals surface area contributed by atoms with Crippen LogP contribution in [0, 0.1) is 0 Å². The molecular formula is C13H10N2O2. The Bertz CT molecular complexity index is 626. The van der Waals surface area contributed by atoms with Crippen LogP contribution in [0.25, 0.3) is 11.6 Å². The van der Waals surface area contributed by atoms with Crippen molar-refractivity contribution in [2.75, 3.05) is 0 Å². The molecule has 0 N–H and O–H groups in total. The van der Waals surface area contributed by atoms with E-state index in [4.69, 9.17) is 4.74 Å². The molecule has 0 bridgehead atoms. The second-order valence-corrected chi connectivity index (χ2v) is 3.89. The third-order valence-electron chi connectivity index (χ3n) is 2.64. The van der Waals surface area contributed by atoms with E-state index >= 15 is 0 Å². The minimum atomic E-state index is -0.310. The van der Waals surface area contributed by atoms with E-state index in [1.807, 2.05) is 31.4 Å². The maximum Gasteiger partial charge on any atom is 0.344 e. The summed E-state index contributed by atoms with van der Waals surface area (Å²) in [4.78, 5) is 11.7. The molecule has 1 aliphatic rings. The lowest BCUT2D eigenvalue weighted by atomic mass is 10.1. The molecule has 4 heteroatoms. The third-order valence-corrected chi connectivity index (χ3v) is 2.64. The van der Waals surface area contributed by atoms with E-state index in [2.05, 4.69) is 5.10 Å². The van der Waals surface area contributed by atoms with Gasteiger partial charge < -0.3 is 4.74 Å². The molecule has 1 aliphatic heterocycles. The van der Waals surface area contributed by atoms with Gasteiger partial charge in [-0.05, 0) is 12.1 Å². The van der Waals surface area contributed by atoms with E-state index in [1.54, 1.807) is 23.0 Å². The zero-order valence-corrected chi connectivity index (χ0v) is 9.25. The summed E-state index contributed by atoms with van der Waals surface area (Å²) in [6.07, 6.45) is 5.35. The van der Waals surface area contributed by atoms with Crippen molar-refractivity contribution >= 4 is 17.6 Å². The van der Waals surface area contributed by atoms with Gasteiger partial charge in [-0.15, -0.1) is 0 Å². The quantitative estimate of drug-likeness (QED) is 0.423. The van der Waals surface area contributed by atoms with Gasteiger partial charge in [0.05, 0.1) is 11.8 Å². The number of rotatable bonds is 1. The smallest absolute Gasteiger partial charge is 0.344 e. The van der Waals surface area contributed by atoms with E-state index in [0.717, 1.165) is 11.1 Å². The molecule has 0 aliphatic carbocycles. The van der Waals surface area contributed by atoms with Crippen LogP contribution in [-0.2, 0) is 11.8 Å². The summed E-state index contributed by atoms with van der Waals surface area (Å²) in [7, 11) is 1.84. The number of aryl methyl sites for hydroxylation is 1. The van der Waals surface area contributed by atoms with Gasteiger partial charge in [-0.1, -0.05) is 18.2 Å². The normalized spacial score (nSPS) is 16.1. The van der Waals surface area contributed by atoms with Crippen LogP contribution in [-0.4, -0.2) is 15.7 Å². The van der Waals surface area contributed by atoms with Gasteiger partial charge in [0.1, 0.15) is 5.75 Å². The van der Waals surface area contributed by atoms with E-state index in [9.17, 15) is 4.79 Å². The van der Waals surface area contributed by atoms with Crippen molar-refractivity contribution in [2.45, 2.75) is 0 Å². The second kappa shape index (κ2) is 3.59. The Kier molecular flexibility index (Phi) is 2.08. The van der Waals surface area contributed by atoms with Crippen LogP contribution in [0.15, 0.2) is 36.7 Å². The van der Waals surface area contributed by atoms with Crippen molar-refractivity contribution < 1.29 is 9.53 Å². The lowest BCUT2D eigenvalue weighted by Gasteiger charge is -1.93. The van der Waals surface area contributed by atoms with Crippen molar-refractivity contribution in [1.29, 1.82) is 0 Å². The molecule has 0 spiro atoms. The monoisotopic (exact) mass is 226 g/mol. The predicted octanol–water partition coefficient (Wildman–Crippen LogP) is 1.88. The van der Waals surface area contributed by atoms with Gasteiger partial charge in [0, 0.05) is 24.4 Å². The molecule has 2 heterocycles. The highest BCUT2D eigenvalue weighted by atomic mass is 16.5. The Morgan fingerprint density at radius 1 is 1.35 bits per heavy atom. The van der Waals surface area contributed by atoms with Crippen LogP contribution in [0.4, 0.5) is 0 Å². The van der Waals surface area contributed by atoms with Crippen molar-refractivity contribution in [1.82, 2.24) is 9.78 Å². The molecule has 4 nitrogen and oxygen atoms in total. The molecule has 0 radical (unpaired) electrons. The third kappa shape index (κ3) is 1.63. The number of para-hydroxylation sites is 1. The Morgan fingerprint density at radius 2 is 2.18 bits per heavy atom. The summed E-state index contributed by atoms with van der Waals surface area (Å²) in [5, 5.41) is 4.06. The second-order valence-electron chi connectivity index (χ2n) is 3.89. The fourth-order valence-corrected chi connectivity index (χ4v) is 1.86. The summed E-state index contributed by atoms with van der Waals surface area (Å²) in [5.74, 6) is 0.308. The molecule has 0 saturated carbocycles. The Morgan fingerprint density at radius 3 is 2.94 bits per heavy atom. The zero-order valence-electron chi connectivity index (χ0n) is 9.25. The number of hydrogen-bond donors (Lipinski definition) is 0. The van der Waals surface area contributed by atoms with Crippen LogP contribution >= 0.6 is 0 Å². The SMILES string of the molecule is Cn1cc(C=C2C(=O)Oc3ccccc32)cn1. The summed E-state index contributed by atoms with van der Waals surface area (Å²) in [5.41, 5.74) is 2.30. The molecule has 0 atom stereocenters. The minimum absolute atomic E-state index is 0.310.